The highest BCUT2D eigenvalue weighted by Crippen LogP contribution is 2.29. The van der Waals surface area contributed by atoms with Crippen LogP contribution in [0.1, 0.15) is 15.4 Å². The lowest BCUT2D eigenvalue weighted by molar-refractivity contribution is 0.945. The SMILES string of the molecule is Cc1sc(CCc2ccccc2)nc1-c1ccc(Br)cc1. The molecule has 106 valence electrons. The Kier molecular flexibility index (Phi) is 4.51. The summed E-state index contributed by atoms with van der Waals surface area (Å²) in [5.41, 5.74) is 3.68. The molecule has 0 bridgehead atoms. The zero-order valence-corrected chi connectivity index (χ0v) is 14.2. The molecule has 0 spiro atoms. The Morgan fingerprint density at radius 3 is 2.38 bits per heavy atom. The molecule has 21 heavy (non-hydrogen) atoms. The van der Waals surface area contributed by atoms with Crippen LogP contribution in [0.4, 0.5) is 0 Å². The van der Waals surface area contributed by atoms with Crippen molar-refractivity contribution >= 4 is 27.3 Å². The first-order valence-corrected chi connectivity index (χ1v) is 8.59. The van der Waals surface area contributed by atoms with E-state index in [1.807, 2.05) is 11.3 Å². The fourth-order valence-electron chi connectivity index (χ4n) is 2.33. The number of rotatable bonds is 4. The fourth-order valence-corrected chi connectivity index (χ4v) is 3.55. The lowest BCUT2D eigenvalue weighted by Crippen LogP contribution is -1.90. The minimum absolute atomic E-state index is 1.01. The Bertz CT molecular complexity index is 717. The summed E-state index contributed by atoms with van der Waals surface area (Å²) in [4.78, 5) is 6.12. The van der Waals surface area contributed by atoms with E-state index in [2.05, 4.69) is 77.5 Å². The number of hydrogen-bond acceptors (Lipinski definition) is 2. The number of aromatic nitrogens is 1. The van der Waals surface area contributed by atoms with Crippen molar-refractivity contribution in [3.63, 3.8) is 0 Å². The third kappa shape index (κ3) is 3.60. The van der Waals surface area contributed by atoms with E-state index in [4.69, 9.17) is 4.98 Å². The number of thiazole rings is 1. The summed E-state index contributed by atoms with van der Waals surface area (Å²) < 4.78 is 1.10. The van der Waals surface area contributed by atoms with Gasteiger partial charge in [0.1, 0.15) is 0 Å². The Labute approximate surface area is 137 Å². The smallest absolute Gasteiger partial charge is 0.0938 e. The molecule has 0 saturated carbocycles. The molecule has 3 aromatic rings. The molecule has 0 amide bonds. The van der Waals surface area contributed by atoms with Crippen LogP contribution in [-0.4, -0.2) is 4.98 Å². The molecule has 1 heterocycles. The van der Waals surface area contributed by atoms with E-state index in [9.17, 15) is 0 Å². The average Bonchev–Trinajstić information content (AvgIpc) is 2.88. The van der Waals surface area contributed by atoms with Crippen molar-refractivity contribution in [3.05, 3.63) is 74.5 Å². The van der Waals surface area contributed by atoms with Crippen molar-refractivity contribution in [2.24, 2.45) is 0 Å². The van der Waals surface area contributed by atoms with Crippen molar-refractivity contribution in [3.8, 4) is 11.3 Å². The van der Waals surface area contributed by atoms with Crippen LogP contribution in [0.15, 0.2) is 59.1 Å². The quantitative estimate of drug-likeness (QED) is 0.586. The van der Waals surface area contributed by atoms with Crippen LogP contribution >= 0.6 is 27.3 Å². The molecule has 0 aliphatic rings. The Balaban J connectivity index is 1.76. The van der Waals surface area contributed by atoms with E-state index >= 15 is 0 Å². The summed E-state index contributed by atoms with van der Waals surface area (Å²) in [7, 11) is 0. The minimum atomic E-state index is 1.01. The normalized spacial score (nSPS) is 10.8. The molecule has 3 rings (SSSR count). The van der Waals surface area contributed by atoms with Gasteiger partial charge in [0.15, 0.2) is 0 Å². The summed E-state index contributed by atoms with van der Waals surface area (Å²) in [6.45, 7) is 2.15. The van der Waals surface area contributed by atoms with Gasteiger partial charge in [0.05, 0.1) is 10.7 Å². The third-order valence-corrected chi connectivity index (χ3v) is 4.99. The lowest BCUT2D eigenvalue weighted by Gasteiger charge is -1.99. The Morgan fingerprint density at radius 2 is 1.67 bits per heavy atom. The number of aryl methyl sites for hydroxylation is 3. The molecule has 0 fully saturated rings. The maximum Gasteiger partial charge on any atom is 0.0938 e. The Morgan fingerprint density at radius 1 is 0.952 bits per heavy atom. The van der Waals surface area contributed by atoms with Crippen molar-refractivity contribution in [1.82, 2.24) is 4.98 Å². The van der Waals surface area contributed by atoms with Gasteiger partial charge in [-0.3, -0.25) is 0 Å². The maximum atomic E-state index is 4.83. The van der Waals surface area contributed by atoms with Gasteiger partial charge in [-0.05, 0) is 31.0 Å². The molecule has 0 radical (unpaired) electrons. The van der Waals surface area contributed by atoms with E-state index in [0.29, 0.717) is 0 Å². The van der Waals surface area contributed by atoms with Gasteiger partial charge < -0.3 is 0 Å². The molecule has 0 atom stereocenters. The molecule has 0 aliphatic carbocycles. The molecule has 0 saturated heterocycles. The second-order valence-corrected chi connectivity index (χ2v) is 7.21. The number of hydrogen-bond donors (Lipinski definition) is 0. The Hall–Kier alpha value is -1.45. The lowest BCUT2D eigenvalue weighted by atomic mass is 10.1. The first kappa shape index (κ1) is 14.5. The van der Waals surface area contributed by atoms with Crippen LogP contribution in [0, 0.1) is 6.92 Å². The predicted octanol–water partition coefficient (Wildman–Crippen LogP) is 5.67. The summed E-state index contributed by atoms with van der Waals surface area (Å²) >= 11 is 5.28. The highest BCUT2D eigenvalue weighted by molar-refractivity contribution is 9.10. The summed E-state index contributed by atoms with van der Waals surface area (Å²) in [6.07, 6.45) is 2.06. The topological polar surface area (TPSA) is 12.9 Å². The van der Waals surface area contributed by atoms with Gasteiger partial charge >= 0.3 is 0 Å². The molecule has 0 aliphatic heterocycles. The summed E-state index contributed by atoms with van der Waals surface area (Å²) in [5, 5.41) is 1.22. The third-order valence-electron chi connectivity index (χ3n) is 3.43. The van der Waals surface area contributed by atoms with Crippen LogP contribution in [0.2, 0.25) is 0 Å². The number of halogens is 1. The molecule has 1 nitrogen and oxygen atoms in total. The van der Waals surface area contributed by atoms with Gasteiger partial charge in [0, 0.05) is 21.3 Å². The zero-order chi connectivity index (χ0) is 14.7. The number of benzene rings is 2. The van der Waals surface area contributed by atoms with Gasteiger partial charge in [-0.1, -0.05) is 58.4 Å². The van der Waals surface area contributed by atoms with Gasteiger partial charge in [-0.15, -0.1) is 11.3 Å². The predicted molar refractivity (Wildman–Crippen MR) is 93.8 cm³/mol. The van der Waals surface area contributed by atoms with E-state index in [1.165, 1.54) is 21.0 Å². The van der Waals surface area contributed by atoms with Crippen LogP contribution in [0.5, 0.6) is 0 Å². The van der Waals surface area contributed by atoms with Crippen molar-refractivity contribution < 1.29 is 0 Å². The monoisotopic (exact) mass is 357 g/mol. The molecule has 0 unspecified atom stereocenters. The van der Waals surface area contributed by atoms with Gasteiger partial charge in [0.25, 0.3) is 0 Å². The first-order valence-electron chi connectivity index (χ1n) is 6.98. The minimum Gasteiger partial charge on any atom is -0.241 e. The largest absolute Gasteiger partial charge is 0.241 e. The van der Waals surface area contributed by atoms with Crippen LogP contribution in [0.25, 0.3) is 11.3 Å². The van der Waals surface area contributed by atoms with Gasteiger partial charge in [-0.2, -0.15) is 0 Å². The maximum absolute atomic E-state index is 4.83. The summed E-state index contributed by atoms with van der Waals surface area (Å²) in [6, 6.07) is 19.0. The standard InChI is InChI=1S/C18H16BrNS/c1-13-18(15-8-10-16(19)11-9-15)20-17(21-13)12-7-14-5-3-2-4-6-14/h2-6,8-11H,7,12H2,1H3. The van der Waals surface area contributed by atoms with Crippen LogP contribution < -0.4 is 0 Å². The van der Waals surface area contributed by atoms with E-state index in [-0.39, 0.29) is 0 Å². The van der Waals surface area contributed by atoms with Gasteiger partial charge in [0.2, 0.25) is 0 Å². The first-order chi connectivity index (χ1) is 10.2. The number of nitrogens with zero attached hydrogens (tertiary/aromatic N) is 1. The van der Waals surface area contributed by atoms with E-state index < -0.39 is 0 Å². The molecule has 1 aromatic heterocycles. The molecular weight excluding hydrogens is 342 g/mol. The second kappa shape index (κ2) is 6.54. The van der Waals surface area contributed by atoms with Crippen molar-refractivity contribution in [2.45, 2.75) is 19.8 Å². The van der Waals surface area contributed by atoms with Crippen molar-refractivity contribution in [1.29, 1.82) is 0 Å². The molecule has 2 aromatic carbocycles. The molecule has 0 N–H and O–H groups in total. The highest BCUT2D eigenvalue weighted by Gasteiger charge is 2.09. The molecule has 3 heteroatoms. The van der Waals surface area contributed by atoms with E-state index in [0.717, 1.165) is 23.0 Å². The van der Waals surface area contributed by atoms with Crippen LogP contribution in [-0.2, 0) is 12.8 Å². The zero-order valence-electron chi connectivity index (χ0n) is 11.8. The van der Waals surface area contributed by atoms with E-state index in [1.54, 1.807) is 0 Å². The van der Waals surface area contributed by atoms with Crippen molar-refractivity contribution in [2.75, 3.05) is 0 Å². The second-order valence-electron chi connectivity index (χ2n) is 5.00. The average molecular weight is 358 g/mol. The highest BCUT2D eigenvalue weighted by atomic mass is 79.9. The fraction of sp³-hybridized carbons (Fsp3) is 0.167. The van der Waals surface area contributed by atoms with Gasteiger partial charge in [-0.25, -0.2) is 4.98 Å². The summed E-state index contributed by atoms with van der Waals surface area (Å²) in [5.74, 6) is 0. The van der Waals surface area contributed by atoms with Crippen LogP contribution in [0.3, 0.4) is 0 Å². The molecular formula is C18H16BrNS.